The van der Waals surface area contributed by atoms with Crippen molar-refractivity contribution in [2.75, 3.05) is 13.2 Å². The van der Waals surface area contributed by atoms with Crippen molar-refractivity contribution < 1.29 is 32.5 Å². The molecule has 0 aromatic heterocycles. The number of halogens is 3. The molecule has 5 nitrogen and oxygen atoms in total. The number of alkyl halides is 3. The molecule has 1 aliphatic carbocycles. The quantitative estimate of drug-likeness (QED) is 0.655. The molecule has 1 amide bonds. The van der Waals surface area contributed by atoms with Crippen molar-refractivity contribution in [1.82, 2.24) is 5.32 Å². The van der Waals surface area contributed by atoms with E-state index < -0.39 is 18.0 Å². The Labute approximate surface area is 174 Å². The van der Waals surface area contributed by atoms with Crippen LogP contribution in [0.5, 0.6) is 0 Å². The molecule has 0 saturated heterocycles. The van der Waals surface area contributed by atoms with E-state index in [2.05, 4.69) is 5.32 Å². The first-order valence-corrected chi connectivity index (χ1v) is 10.4. The minimum Gasteiger partial charge on any atom is -0.459 e. The number of aliphatic hydroxyl groups excluding tert-OH is 1. The Morgan fingerprint density at radius 2 is 1.97 bits per heavy atom. The molecule has 0 radical (unpaired) electrons. The van der Waals surface area contributed by atoms with Crippen LogP contribution in [0.3, 0.4) is 0 Å². The molecule has 1 aliphatic heterocycles. The van der Waals surface area contributed by atoms with Crippen LogP contribution >= 0.6 is 0 Å². The molecular formula is C22H28F3NO4. The highest BCUT2D eigenvalue weighted by Crippen LogP contribution is 2.40. The van der Waals surface area contributed by atoms with Gasteiger partial charge in [-0.1, -0.05) is 12.1 Å². The lowest BCUT2D eigenvalue weighted by atomic mass is 9.80. The Kier molecular flexibility index (Phi) is 7.41. The SMILES string of the molecule is CCO[C@H]1OC(C(=O)NC2CCC2)=C[C@@H](c2ccc(C(F)(F)F)cc2)[C@@H]1CCCO. The zero-order chi connectivity index (χ0) is 21.7. The molecule has 2 N–H and O–H groups in total. The number of hydrogen-bond acceptors (Lipinski definition) is 4. The monoisotopic (exact) mass is 427 g/mol. The lowest BCUT2D eigenvalue weighted by Gasteiger charge is -2.37. The summed E-state index contributed by atoms with van der Waals surface area (Å²) < 4.78 is 50.5. The molecule has 166 valence electrons. The van der Waals surface area contributed by atoms with E-state index in [0.29, 0.717) is 25.0 Å². The molecule has 0 bridgehead atoms. The van der Waals surface area contributed by atoms with Gasteiger partial charge in [0.1, 0.15) is 0 Å². The summed E-state index contributed by atoms with van der Waals surface area (Å²) in [5.74, 6) is -0.812. The van der Waals surface area contributed by atoms with Gasteiger partial charge in [-0.15, -0.1) is 0 Å². The topological polar surface area (TPSA) is 67.8 Å². The van der Waals surface area contributed by atoms with Crippen molar-refractivity contribution in [3.8, 4) is 0 Å². The number of amides is 1. The minimum absolute atomic E-state index is 0.0200. The molecule has 1 heterocycles. The number of carbonyl (C=O) groups excluding carboxylic acids is 1. The summed E-state index contributed by atoms with van der Waals surface area (Å²) >= 11 is 0. The third-order valence-corrected chi connectivity index (χ3v) is 5.70. The molecule has 3 atom stereocenters. The summed E-state index contributed by atoms with van der Waals surface area (Å²) in [5.41, 5.74) is -0.0774. The van der Waals surface area contributed by atoms with Gasteiger partial charge in [0.15, 0.2) is 5.76 Å². The maximum atomic E-state index is 13.0. The largest absolute Gasteiger partial charge is 0.459 e. The van der Waals surface area contributed by atoms with Crippen molar-refractivity contribution >= 4 is 5.91 Å². The molecule has 1 saturated carbocycles. The highest BCUT2D eigenvalue weighted by molar-refractivity contribution is 5.92. The van der Waals surface area contributed by atoms with E-state index in [1.165, 1.54) is 12.1 Å². The second-order valence-corrected chi connectivity index (χ2v) is 7.75. The zero-order valence-electron chi connectivity index (χ0n) is 17.0. The van der Waals surface area contributed by atoms with Gasteiger partial charge in [0.2, 0.25) is 6.29 Å². The fraction of sp³-hybridized carbons (Fsp3) is 0.591. The van der Waals surface area contributed by atoms with Gasteiger partial charge in [-0.2, -0.15) is 13.2 Å². The summed E-state index contributed by atoms with van der Waals surface area (Å²) in [4.78, 5) is 12.7. The van der Waals surface area contributed by atoms with Crippen molar-refractivity contribution in [3.05, 3.63) is 47.2 Å². The van der Waals surface area contributed by atoms with E-state index in [-0.39, 0.29) is 36.2 Å². The Bertz CT molecular complexity index is 744. The van der Waals surface area contributed by atoms with E-state index in [1.54, 1.807) is 6.08 Å². The van der Waals surface area contributed by atoms with Crippen LogP contribution in [0.15, 0.2) is 36.1 Å². The van der Waals surface area contributed by atoms with Gasteiger partial charge in [0.05, 0.1) is 5.56 Å². The maximum absolute atomic E-state index is 13.0. The van der Waals surface area contributed by atoms with Crippen LogP contribution in [0.4, 0.5) is 13.2 Å². The van der Waals surface area contributed by atoms with Crippen molar-refractivity contribution in [3.63, 3.8) is 0 Å². The second kappa shape index (κ2) is 9.83. The van der Waals surface area contributed by atoms with Crippen molar-refractivity contribution in [2.45, 2.75) is 63.5 Å². The Morgan fingerprint density at radius 1 is 1.27 bits per heavy atom. The van der Waals surface area contributed by atoms with E-state index in [9.17, 15) is 23.1 Å². The van der Waals surface area contributed by atoms with Crippen LogP contribution < -0.4 is 5.32 Å². The number of carbonyl (C=O) groups is 1. The highest BCUT2D eigenvalue weighted by Gasteiger charge is 2.39. The smallest absolute Gasteiger partial charge is 0.416 e. The maximum Gasteiger partial charge on any atom is 0.416 e. The number of allylic oxidation sites excluding steroid dienone is 1. The first-order chi connectivity index (χ1) is 14.3. The predicted octanol–water partition coefficient (Wildman–Crippen LogP) is 4.12. The third kappa shape index (κ3) is 5.35. The van der Waals surface area contributed by atoms with E-state index >= 15 is 0 Å². The number of hydrogen-bond donors (Lipinski definition) is 2. The molecule has 0 spiro atoms. The standard InChI is InChI=1S/C22H28F3NO4/c1-2-29-21-17(7-4-12-27)18(14-8-10-15(11-9-14)22(23,24)25)13-19(30-21)20(28)26-16-5-3-6-16/h8-11,13,16-18,21,27H,2-7,12H2,1H3,(H,26,28)/t17-,18-,21-/m0/s1. The second-order valence-electron chi connectivity index (χ2n) is 7.75. The van der Waals surface area contributed by atoms with E-state index in [1.807, 2.05) is 6.92 Å². The fourth-order valence-electron chi connectivity index (χ4n) is 3.85. The van der Waals surface area contributed by atoms with Crippen molar-refractivity contribution in [1.29, 1.82) is 0 Å². The normalized spacial score (nSPS) is 24.6. The lowest BCUT2D eigenvalue weighted by molar-refractivity contribution is -0.167. The Hall–Kier alpha value is -2.06. The van der Waals surface area contributed by atoms with E-state index in [0.717, 1.165) is 31.4 Å². The Balaban J connectivity index is 1.91. The van der Waals surface area contributed by atoms with Crippen LogP contribution in [0.25, 0.3) is 0 Å². The molecule has 1 aromatic carbocycles. The van der Waals surface area contributed by atoms with Crippen molar-refractivity contribution in [2.24, 2.45) is 5.92 Å². The van der Waals surface area contributed by atoms with Crippen LogP contribution in [-0.2, 0) is 20.4 Å². The summed E-state index contributed by atoms with van der Waals surface area (Å²) in [5, 5.41) is 12.2. The Morgan fingerprint density at radius 3 is 2.50 bits per heavy atom. The zero-order valence-corrected chi connectivity index (χ0v) is 17.0. The lowest BCUT2D eigenvalue weighted by Crippen LogP contribution is -2.43. The third-order valence-electron chi connectivity index (χ3n) is 5.70. The number of rotatable bonds is 8. The number of aliphatic hydroxyl groups is 1. The van der Waals surface area contributed by atoms with Gasteiger partial charge in [-0.3, -0.25) is 4.79 Å². The van der Waals surface area contributed by atoms with Gasteiger partial charge < -0.3 is 19.9 Å². The highest BCUT2D eigenvalue weighted by atomic mass is 19.4. The molecule has 0 unspecified atom stereocenters. The summed E-state index contributed by atoms with van der Waals surface area (Å²) in [6, 6.07) is 5.10. The average Bonchev–Trinajstić information content (AvgIpc) is 2.68. The summed E-state index contributed by atoms with van der Waals surface area (Å²) in [6.07, 6.45) is 0.499. The summed E-state index contributed by atoms with van der Waals surface area (Å²) in [6.45, 7) is 2.15. The van der Waals surface area contributed by atoms with Gasteiger partial charge in [-0.05, 0) is 62.8 Å². The molecule has 1 aromatic rings. The molecule has 2 aliphatic rings. The van der Waals surface area contributed by atoms with Crippen LogP contribution in [0.2, 0.25) is 0 Å². The van der Waals surface area contributed by atoms with E-state index in [4.69, 9.17) is 9.47 Å². The first kappa shape index (κ1) is 22.6. The average molecular weight is 427 g/mol. The predicted molar refractivity (Wildman–Crippen MR) is 104 cm³/mol. The molecular weight excluding hydrogens is 399 g/mol. The van der Waals surface area contributed by atoms with Crippen LogP contribution in [0, 0.1) is 5.92 Å². The number of benzene rings is 1. The summed E-state index contributed by atoms with van der Waals surface area (Å²) in [7, 11) is 0. The molecule has 1 fully saturated rings. The number of ether oxygens (including phenoxy) is 2. The van der Waals surface area contributed by atoms with Crippen LogP contribution in [-0.4, -0.2) is 36.6 Å². The van der Waals surface area contributed by atoms with Crippen LogP contribution in [0.1, 0.15) is 56.1 Å². The first-order valence-electron chi connectivity index (χ1n) is 10.4. The number of nitrogens with one attached hydrogen (secondary N) is 1. The minimum atomic E-state index is -4.41. The molecule has 8 heteroatoms. The van der Waals surface area contributed by atoms with Gasteiger partial charge in [-0.25, -0.2) is 0 Å². The van der Waals surface area contributed by atoms with Gasteiger partial charge in [0, 0.05) is 31.1 Å². The van der Waals surface area contributed by atoms with Gasteiger partial charge >= 0.3 is 6.18 Å². The molecule has 3 rings (SSSR count). The fourth-order valence-corrected chi connectivity index (χ4v) is 3.85. The molecule has 30 heavy (non-hydrogen) atoms. The van der Waals surface area contributed by atoms with Gasteiger partial charge in [0.25, 0.3) is 5.91 Å².